The Kier molecular flexibility index (Phi) is 5.55. The Labute approximate surface area is 159 Å². The van der Waals surface area contributed by atoms with Gasteiger partial charge < -0.3 is 19.4 Å². The molecule has 2 aliphatic heterocycles. The van der Waals surface area contributed by atoms with Gasteiger partial charge in [-0.2, -0.15) is 0 Å². The van der Waals surface area contributed by atoms with Crippen LogP contribution in [0.2, 0.25) is 0 Å². The van der Waals surface area contributed by atoms with Crippen LogP contribution in [-0.4, -0.2) is 65.3 Å². The van der Waals surface area contributed by atoms with E-state index in [2.05, 4.69) is 10.1 Å². The molecule has 1 N–H and O–H groups in total. The van der Waals surface area contributed by atoms with Gasteiger partial charge in [0.2, 0.25) is 0 Å². The topological polar surface area (TPSA) is 69.8 Å². The third-order valence-corrected chi connectivity index (χ3v) is 5.88. The first-order valence-electron chi connectivity index (χ1n) is 9.89. The number of likely N-dealkylation sites (tertiary alicyclic amines) is 2. The third kappa shape index (κ3) is 3.92. The SMILES string of the molecule is O=C(c1cnoc1-c1ccccc1)N1C[C@@H](CO)[C@@H](CN2CCCCC2)C1. The second-order valence-electron chi connectivity index (χ2n) is 7.71. The summed E-state index contributed by atoms with van der Waals surface area (Å²) in [5.74, 6) is 0.906. The van der Waals surface area contributed by atoms with Crippen molar-refractivity contribution in [2.24, 2.45) is 11.8 Å². The monoisotopic (exact) mass is 369 g/mol. The molecule has 0 aliphatic carbocycles. The fourth-order valence-electron chi connectivity index (χ4n) is 4.35. The largest absolute Gasteiger partial charge is 0.396 e. The Bertz CT molecular complexity index is 755. The summed E-state index contributed by atoms with van der Waals surface area (Å²) in [6, 6.07) is 9.59. The lowest BCUT2D eigenvalue weighted by atomic mass is 9.95. The normalized spacial score (nSPS) is 23.7. The van der Waals surface area contributed by atoms with Crippen LogP contribution >= 0.6 is 0 Å². The first-order chi connectivity index (χ1) is 13.3. The first kappa shape index (κ1) is 18.2. The molecule has 2 aromatic rings. The zero-order valence-electron chi connectivity index (χ0n) is 15.6. The number of aromatic nitrogens is 1. The molecule has 0 saturated carbocycles. The van der Waals surface area contributed by atoms with Gasteiger partial charge >= 0.3 is 0 Å². The van der Waals surface area contributed by atoms with Gasteiger partial charge in [-0.05, 0) is 31.8 Å². The minimum atomic E-state index is -0.0605. The summed E-state index contributed by atoms with van der Waals surface area (Å²) in [6.45, 7) is 4.62. The molecule has 144 valence electrons. The molecule has 2 atom stereocenters. The lowest BCUT2D eigenvalue weighted by molar-refractivity contribution is 0.0779. The lowest BCUT2D eigenvalue weighted by Crippen LogP contribution is -2.37. The quantitative estimate of drug-likeness (QED) is 0.877. The highest BCUT2D eigenvalue weighted by molar-refractivity contribution is 5.99. The third-order valence-electron chi connectivity index (χ3n) is 5.88. The van der Waals surface area contributed by atoms with Gasteiger partial charge in [0.15, 0.2) is 5.76 Å². The van der Waals surface area contributed by atoms with Crippen LogP contribution in [0.5, 0.6) is 0 Å². The van der Waals surface area contributed by atoms with Crippen LogP contribution in [0.3, 0.4) is 0 Å². The van der Waals surface area contributed by atoms with E-state index in [1.807, 2.05) is 35.2 Å². The number of benzene rings is 1. The Hall–Kier alpha value is -2.18. The highest BCUT2D eigenvalue weighted by Crippen LogP contribution is 2.30. The number of carbonyl (C=O) groups excluding carboxylic acids is 1. The Morgan fingerprint density at radius 1 is 1.11 bits per heavy atom. The minimum Gasteiger partial charge on any atom is -0.396 e. The number of carbonyl (C=O) groups is 1. The number of hydrogen-bond donors (Lipinski definition) is 1. The molecular weight excluding hydrogens is 342 g/mol. The summed E-state index contributed by atoms with van der Waals surface area (Å²) in [5, 5.41) is 13.7. The van der Waals surface area contributed by atoms with Crippen molar-refractivity contribution >= 4 is 5.91 Å². The summed E-state index contributed by atoms with van der Waals surface area (Å²) in [6.07, 6.45) is 5.32. The van der Waals surface area contributed by atoms with Crippen LogP contribution in [0.15, 0.2) is 41.1 Å². The molecule has 1 amide bonds. The van der Waals surface area contributed by atoms with Crippen molar-refractivity contribution in [2.45, 2.75) is 19.3 Å². The fraction of sp³-hybridized carbons (Fsp3) is 0.524. The molecule has 0 spiro atoms. The maximum absolute atomic E-state index is 13.1. The Balaban J connectivity index is 1.47. The van der Waals surface area contributed by atoms with E-state index in [9.17, 15) is 9.90 Å². The first-order valence-corrected chi connectivity index (χ1v) is 9.89. The van der Waals surface area contributed by atoms with E-state index in [1.54, 1.807) is 0 Å². The summed E-state index contributed by atoms with van der Waals surface area (Å²) in [4.78, 5) is 17.5. The molecule has 6 heteroatoms. The van der Waals surface area contributed by atoms with Crippen molar-refractivity contribution in [1.29, 1.82) is 0 Å². The van der Waals surface area contributed by atoms with Crippen molar-refractivity contribution in [3.05, 3.63) is 42.1 Å². The van der Waals surface area contributed by atoms with Crippen molar-refractivity contribution in [2.75, 3.05) is 39.3 Å². The van der Waals surface area contributed by atoms with Gasteiger partial charge in [-0.15, -0.1) is 0 Å². The summed E-state index contributed by atoms with van der Waals surface area (Å²) in [7, 11) is 0. The number of piperidine rings is 1. The summed E-state index contributed by atoms with van der Waals surface area (Å²) in [5.41, 5.74) is 1.35. The maximum atomic E-state index is 13.1. The van der Waals surface area contributed by atoms with E-state index in [0.29, 0.717) is 30.3 Å². The highest BCUT2D eigenvalue weighted by atomic mass is 16.5. The van der Waals surface area contributed by atoms with Crippen LogP contribution in [-0.2, 0) is 0 Å². The average Bonchev–Trinajstić information content (AvgIpc) is 3.36. The van der Waals surface area contributed by atoms with E-state index in [4.69, 9.17) is 4.52 Å². The predicted molar refractivity (Wildman–Crippen MR) is 102 cm³/mol. The second kappa shape index (κ2) is 8.23. The lowest BCUT2D eigenvalue weighted by Gasteiger charge is -2.30. The molecule has 2 saturated heterocycles. The van der Waals surface area contributed by atoms with Crippen molar-refractivity contribution < 1.29 is 14.4 Å². The smallest absolute Gasteiger partial charge is 0.259 e. The number of amides is 1. The molecule has 0 bridgehead atoms. The maximum Gasteiger partial charge on any atom is 0.259 e. The summed E-state index contributed by atoms with van der Waals surface area (Å²) >= 11 is 0. The van der Waals surface area contributed by atoms with Crippen molar-refractivity contribution in [3.8, 4) is 11.3 Å². The molecule has 1 aromatic carbocycles. The molecule has 1 aromatic heterocycles. The van der Waals surface area contributed by atoms with Crippen LogP contribution in [0.1, 0.15) is 29.6 Å². The number of hydrogen-bond acceptors (Lipinski definition) is 5. The second-order valence-corrected chi connectivity index (χ2v) is 7.71. The van der Waals surface area contributed by atoms with Crippen LogP contribution in [0, 0.1) is 11.8 Å². The van der Waals surface area contributed by atoms with Gasteiger partial charge in [-0.3, -0.25) is 4.79 Å². The molecule has 6 nitrogen and oxygen atoms in total. The molecule has 27 heavy (non-hydrogen) atoms. The van der Waals surface area contributed by atoms with E-state index >= 15 is 0 Å². The zero-order chi connectivity index (χ0) is 18.6. The van der Waals surface area contributed by atoms with Crippen molar-refractivity contribution in [1.82, 2.24) is 15.0 Å². The highest BCUT2D eigenvalue weighted by Gasteiger charge is 2.37. The molecular formula is C21H27N3O3. The van der Waals surface area contributed by atoms with Crippen LogP contribution < -0.4 is 0 Å². The average molecular weight is 369 g/mol. The van der Waals surface area contributed by atoms with Gasteiger partial charge in [0.25, 0.3) is 5.91 Å². The molecule has 0 radical (unpaired) electrons. The zero-order valence-corrected chi connectivity index (χ0v) is 15.6. The number of aliphatic hydroxyl groups excluding tert-OH is 1. The Morgan fingerprint density at radius 2 is 1.85 bits per heavy atom. The predicted octanol–water partition coefficient (Wildman–Crippen LogP) is 2.51. The van der Waals surface area contributed by atoms with Crippen LogP contribution in [0.4, 0.5) is 0 Å². The van der Waals surface area contributed by atoms with Gasteiger partial charge in [0, 0.05) is 37.7 Å². The van der Waals surface area contributed by atoms with Gasteiger partial charge in [0.1, 0.15) is 5.56 Å². The van der Waals surface area contributed by atoms with Gasteiger partial charge in [-0.1, -0.05) is 41.9 Å². The fourth-order valence-corrected chi connectivity index (χ4v) is 4.35. The van der Waals surface area contributed by atoms with E-state index in [-0.39, 0.29) is 18.4 Å². The molecule has 2 aliphatic rings. The minimum absolute atomic E-state index is 0.0605. The van der Waals surface area contributed by atoms with E-state index < -0.39 is 0 Å². The number of nitrogens with zero attached hydrogens (tertiary/aromatic N) is 3. The molecule has 3 heterocycles. The molecule has 0 unspecified atom stereocenters. The van der Waals surface area contributed by atoms with Crippen LogP contribution in [0.25, 0.3) is 11.3 Å². The Morgan fingerprint density at radius 3 is 2.59 bits per heavy atom. The number of rotatable bonds is 5. The molecule has 2 fully saturated rings. The van der Waals surface area contributed by atoms with E-state index in [1.165, 1.54) is 25.5 Å². The van der Waals surface area contributed by atoms with E-state index in [0.717, 1.165) is 25.2 Å². The molecule has 4 rings (SSSR count). The standard InChI is InChI=1S/C21H27N3O3/c25-15-18-14-24(13-17(18)12-23-9-5-2-6-10-23)21(26)19-11-22-27-20(19)16-7-3-1-4-8-16/h1,3-4,7-8,11,17-18,25H,2,5-6,9-10,12-15H2/t17-,18-/m0/s1. The summed E-state index contributed by atoms with van der Waals surface area (Å²) < 4.78 is 5.38. The van der Waals surface area contributed by atoms with Gasteiger partial charge in [0.05, 0.1) is 6.20 Å². The number of aliphatic hydroxyl groups is 1. The van der Waals surface area contributed by atoms with Gasteiger partial charge in [-0.25, -0.2) is 0 Å². The van der Waals surface area contributed by atoms with Crippen molar-refractivity contribution in [3.63, 3.8) is 0 Å².